The second-order valence-corrected chi connectivity index (χ2v) is 5.65. The summed E-state index contributed by atoms with van der Waals surface area (Å²) >= 11 is 1.64. The maximum atomic E-state index is 5.89. The van der Waals surface area contributed by atoms with E-state index >= 15 is 0 Å². The Morgan fingerprint density at radius 3 is 2.45 bits per heavy atom. The topological polar surface area (TPSA) is 94.3 Å². The third kappa shape index (κ3) is 5.92. The van der Waals surface area contributed by atoms with Crippen LogP contribution in [0.4, 0.5) is 0 Å². The van der Waals surface area contributed by atoms with Crippen LogP contribution in [0.5, 0.6) is 5.75 Å². The standard InChI is InChI=1S/C14H21NO2S.2H2O/c1-10(2)13-12(18-6)7-11(8-15-13)17-14(3,4)9-16-5;;/h7-8H,1,9H2,2-6H3;2*1H2. The molecule has 0 aliphatic heterocycles. The quantitative estimate of drug-likeness (QED) is 0.751. The molecule has 0 radical (unpaired) electrons. The zero-order valence-corrected chi connectivity index (χ0v) is 13.6. The smallest absolute Gasteiger partial charge is 0.139 e. The van der Waals surface area contributed by atoms with Crippen LogP contribution in [-0.4, -0.2) is 41.5 Å². The molecule has 0 spiro atoms. The number of ether oxygens (including phenoxy) is 2. The molecule has 1 rings (SSSR count). The van der Waals surface area contributed by atoms with Gasteiger partial charge in [-0.2, -0.15) is 0 Å². The first-order valence-electron chi connectivity index (χ1n) is 5.77. The van der Waals surface area contributed by atoms with Crippen molar-refractivity contribution in [3.8, 4) is 5.75 Å². The maximum Gasteiger partial charge on any atom is 0.139 e. The Morgan fingerprint density at radius 1 is 1.40 bits per heavy atom. The van der Waals surface area contributed by atoms with Crippen LogP contribution in [0.15, 0.2) is 23.7 Å². The molecule has 116 valence electrons. The number of pyridine rings is 1. The Bertz CT molecular complexity index is 435. The van der Waals surface area contributed by atoms with Crippen LogP contribution in [0.25, 0.3) is 5.57 Å². The monoisotopic (exact) mass is 303 g/mol. The summed E-state index contributed by atoms with van der Waals surface area (Å²) in [6.45, 7) is 10.4. The summed E-state index contributed by atoms with van der Waals surface area (Å²) in [6.07, 6.45) is 3.76. The molecular weight excluding hydrogens is 278 g/mol. The second kappa shape index (κ2) is 8.97. The lowest BCUT2D eigenvalue weighted by molar-refractivity contribution is 0.0176. The molecule has 0 atom stereocenters. The van der Waals surface area contributed by atoms with Gasteiger partial charge in [-0.05, 0) is 38.7 Å². The van der Waals surface area contributed by atoms with Gasteiger partial charge in [0, 0.05) is 12.0 Å². The summed E-state index contributed by atoms with van der Waals surface area (Å²) in [5, 5.41) is 0. The van der Waals surface area contributed by atoms with E-state index in [-0.39, 0.29) is 16.6 Å². The van der Waals surface area contributed by atoms with E-state index in [1.165, 1.54) is 0 Å². The van der Waals surface area contributed by atoms with Crippen LogP contribution >= 0.6 is 11.8 Å². The molecule has 1 aromatic rings. The number of rotatable bonds is 6. The molecule has 4 N–H and O–H groups in total. The Hall–Kier alpha value is -1.08. The van der Waals surface area contributed by atoms with Gasteiger partial charge < -0.3 is 20.4 Å². The summed E-state index contributed by atoms with van der Waals surface area (Å²) in [5.74, 6) is 0.756. The van der Waals surface area contributed by atoms with Crippen LogP contribution in [0, 0.1) is 0 Å². The van der Waals surface area contributed by atoms with E-state index in [0.717, 1.165) is 21.9 Å². The number of hydrogen-bond acceptors (Lipinski definition) is 4. The lowest BCUT2D eigenvalue weighted by atomic mass is 10.1. The largest absolute Gasteiger partial charge is 0.484 e. The SMILES string of the molecule is C=C(C)c1ncc(OC(C)(C)COC)cc1SC.O.O. The van der Waals surface area contributed by atoms with E-state index in [1.54, 1.807) is 25.1 Å². The molecule has 20 heavy (non-hydrogen) atoms. The average molecular weight is 303 g/mol. The number of hydrogen-bond donors (Lipinski definition) is 0. The molecule has 0 bridgehead atoms. The van der Waals surface area contributed by atoms with Gasteiger partial charge in [-0.15, -0.1) is 11.8 Å². The predicted molar refractivity (Wildman–Crippen MR) is 84.5 cm³/mol. The summed E-state index contributed by atoms with van der Waals surface area (Å²) < 4.78 is 11.0. The van der Waals surface area contributed by atoms with Crippen LogP contribution in [0.2, 0.25) is 0 Å². The minimum Gasteiger partial charge on any atom is -0.484 e. The van der Waals surface area contributed by atoms with E-state index in [0.29, 0.717) is 6.61 Å². The van der Waals surface area contributed by atoms with Crippen molar-refractivity contribution in [3.05, 3.63) is 24.5 Å². The Morgan fingerprint density at radius 2 is 2.00 bits per heavy atom. The van der Waals surface area contributed by atoms with E-state index < -0.39 is 0 Å². The molecule has 0 aromatic carbocycles. The average Bonchev–Trinajstić information content (AvgIpc) is 2.27. The number of methoxy groups -OCH3 is 1. The van der Waals surface area contributed by atoms with Crippen molar-refractivity contribution in [3.63, 3.8) is 0 Å². The van der Waals surface area contributed by atoms with Gasteiger partial charge in [-0.25, -0.2) is 0 Å². The zero-order valence-electron chi connectivity index (χ0n) is 12.7. The van der Waals surface area contributed by atoms with Gasteiger partial charge in [-0.3, -0.25) is 4.98 Å². The number of aromatic nitrogens is 1. The van der Waals surface area contributed by atoms with Gasteiger partial charge in [0.15, 0.2) is 0 Å². The summed E-state index contributed by atoms with van der Waals surface area (Å²) in [5.41, 5.74) is 1.53. The van der Waals surface area contributed by atoms with Crippen molar-refractivity contribution >= 4 is 17.3 Å². The molecule has 0 saturated heterocycles. The highest BCUT2D eigenvalue weighted by Crippen LogP contribution is 2.29. The third-order valence-electron chi connectivity index (χ3n) is 2.34. The molecule has 0 amide bonds. The summed E-state index contributed by atoms with van der Waals surface area (Å²) in [6, 6.07) is 2.00. The summed E-state index contributed by atoms with van der Waals surface area (Å²) in [7, 11) is 1.67. The van der Waals surface area contributed by atoms with E-state index in [9.17, 15) is 0 Å². The molecule has 0 fully saturated rings. The minimum atomic E-state index is -0.364. The van der Waals surface area contributed by atoms with Gasteiger partial charge in [0.2, 0.25) is 0 Å². The summed E-state index contributed by atoms with van der Waals surface area (Å²) in [4.78, 5) is 5.48. The van der Waals surface area contributed by atoms with Crippen LogP contribution in [0.3, 0.4) is 0 Å². The van der Waals surface area contributed by atoms with Crippen LogP contribution in [0.1, 0.15) is 26.5 Å². The van der Waals surface area contributed by atoms with Gasteiger partial charge in [0.1, 0.15) is 11.4 Å². The lowest BCUT2D eigenvalue weighted by Gasteiger charge is -2.25. The van der Waals surface area contributed by atoms with Crippen molar-refractivity contribution in [2.24, 2.45) is 0 Å². The van der Waals surface area contributed by atoms with E-state index in [1.807, 2.05) is 33.1 Å². The van der Waals surface area contributed by atoms with Crippen molar-refractivity contribution < 1.29 is 20.4 Å². The molecule has 5 nitrogen and oxygen atoms in total. The number of nitrogens with zero attached hydrogens (tertiary/aromatic N) is 1. The molecule has 0 aliphatic carbocycles. The first-order valence-corrected chi connectivity index (χ1v) is 7.00. The zero-order chi connectivity index (χ0) is 13.8. The van der Waals surface area contributed by atoms with Gasteiger partial charge in [-0.1, -0.05) is 6.58 Å². The fraction of sp³-hybridized carbons (Fsp3) is 0.500. The third-order valence-corrected chi connectivity index (χ3v) is 3.09. The Kier molecular flexibility index (Phi) is 9.51. The van der Waals surface area contributed by atoms with Gasteiger partial charge >= 0.3 is 0 Å². The molecular formula is C14H25NO4S. The second-order valence-electron chi connectivity index (χ2n) is 4.80. The minimum absolute atomic E-state index is 0. The Labute approximate surface area is 125 Å². The normalized spacial score (nSPS) is 10.2. The van der Waals surface area contributed by atoms with Gasteiger partial charge in [0.25, 0.3) is 0 Å². The highest BCUT2D eigenvalue weighted by atomic mass is 32.2. The molecule has 0 aliphatic rings. The fourth-order valence-electron chi connectivity index (χ4n) is 1.65. The maximum absolute atomic E-state index is 5.89. The molecule has 6 heteroatoms. The van der Waals surface area contributed by atoms with Crippen LogP contribution in [-0.2, 0) is 4.74 Å². The predicted octanol–water partition coefficient (Wildman–Crippen LogP) is 1.99. The van der Waals surface area contributed by atoms with Crippen molar-refractivity contribution in [1.82, 2.24) is 4.98 Å². The lowest BCUT2D eigenvalue weighted by Crippen LogP contribution is -2.33. The van der Waals surface area contributed by atoms with Crippen molar-refractivity contribution in [1.29, 1.82) is 0 Å². The van der Waals surface area contributed by atoms with Crippen molar-refractivity contribution in [2.75, 3.05) is 20.0 Å². The van der Waals surface area contributed by atoms with Gasteiger partial charge in [0.05, 0.1) is 18.5 Å². The highest BCUT2D eigenvalue weighted by molar-refractivity contribution is 7.98. The molecule has 0 unspecified atom stereocenters. The van der Waals surface area contributed by atoms with E-state index in [4.69, 9.17) is 9.47 Å². The molecule has 1 heterocycles. The number of thioether (sulfide) groups is 1. The van der Waals surface area contributed by atoms with Crippen LogP contribution < -0.4 is 4.74 Å². The number of allylic oxidation sites excluding steroid dienone is 1. The molecule has 1 aromatic heterocycles. The first-order chi connectivity index (χ1) is 8.39. The Balaban J connectivity index is 0. The van der Waals surface area contributed by atoms with Crippen molar-refractivity contribution in [2.45, 2.75) is 31.3 Å². The van der Waals surface area contributed by atoms with E-state index in [2.05, 4.69) is 11.6 Å². The fourth-order valence-corrected chi connectivity index (χ4v) is 2.31. The highest BCUT2D eigenvalue weighted by Gasteiger charge is 2.20. The first kappa shape index (κ1) is 21.2. The molecule has 0 saturated carbocycles.